The summed E-state index contributed by atoms with van der Waals surface area (Å²) in [5.41, 5.74) is 5.07. The van der Waals surface area contributed by atoms with Gasteiger partial charge < -0.3 is 15.2 Å². The van der Waals surface area contributed by atoms with Gasteiger partial charge in [-0.25, -0.2) is 0 Å². The quantitative estimate of drug-likeness (QED) is 0.888. The van der Waals surface area contributed by atoms with Crippen molar-refractivity contribution in [2.45, 2.75) is 25.6 Å². The first kappa shape index (κ1) is 14.6. The van der Waals surface area contributed by atoms with Gasteiger partial charge in [0.25, 0.3) is 0 Å². The molecule has 0 bridgehead atoms. The maximum atomic E-state index is 12.5. The summed E-state index contributed by atoms with van der Waals surface area (Å²) >= 11 is 0. The average Bonchev–Trinajstić information content (AvgIpc) is 2.34. The first-order valence-corrected chi connectivity index (χ1v) is 5.53. The Bertz CT molecular complexity index is 393. The fourth-order valence-corrected chi connectivity index (χ4v) is 1.40. The van der Waals surface area contributed by atoms with E-state index in [0.29, 0.717) is 12.4 Å². The van der Waals surface area contributed by atoms with E-state index in [0.717, 1.165) is 6.42 Å². The summed E-state index contributed by atoms with van der Waals surface area (Å²) in [6, 6.07) is 1.97. The second-order valence-electron chi connectivity index (χ2n) is 3.78. The van der Waals surface area contributed by atoms with Gasteiger partial charge in [0, 0.05) is 0 Å². The second-order valence-corrected chi connectivity index (χ2v) is 3.78. The van der Waals surface area contributed by atoms with Gasteiger partial charge in [-0.1, -0.05) is 13.0 Å². The van der Waals surface area contributed by atoms with Crippen molar-refractivity contribution >= 4 is 0 Å². The largest absolute Gasteiger partial charge is 0.493 e. The third-order valence-corrected chi connectivity index (χ3v) is 2.36. The fourth-order valence-electron chi connectivity index (χ4n) is 1.40. The van der Waals surface area contributed by atoms with Crippen LogP contribution in [0.4, 0.5) is 13.2 Å². The zero-order chi connectivity index (χ0) is 13.8. The Balaban J connectivity index is 2.98. The molecule has 0 unspecified atom stereocenters. The van der Waals surface area contributed by atoms with Crippen LogP contribution in [0.5, 0.6) is 11.5 Å². The molecule has 1 rings (SSSR count). The van der Waals surface area contributed by atoms with Gasteiger partial charge >= 0.3 is 6.18 Å². The fraction of sp³-hybridized carbons (Fsp3) is 0.500. The number of hydrogen-bond acceptors (Lipinski definition) is 3. The Morgan fingerprint density at radius 3 is 2.44 bits per heavy atom. The van der Waals surface area contributed by atoms with Crippen LogP contribution in [0.25, 0.3) is 0 Å². The number of nitrogens with two attached hydrogens (primary N) is 1. The standard InChI is InChI=1S/C12H16F3NO2/c1-3-6-18-9-5-4-8(7-10(9)17-2)11(16)12(13,14)15/h4-5,7,11H,3,6,16H2,1-2H3/t11-/m0/s1. The zero-order valence-electron chi connectivity index (χ0n) is 10.3. The van der Waals surface area contributed by atoms with Gasteiger partial charge in [0.1, 0.15) is 6.04 Å². The lowest BCUT2D eigenvalue weighted by Crippen LogP contribution is -2.28. The summed E-state index contributed by atoms with van der Waals surface area (Å²) in [5, 5.41) is 0. The molecule has 6 heteroatoms. The molecule has 102 valence electrons. The average molecular weight is 263 g/mol. The second kappa shape index (κ2) is 5.95. The summed E-state index contributed by atoms with van der Waals surface area (Å²) in [7, 11) is 1.37. The van der Waals surface area contributed by atoms with Crippen LogP contribution in [-0.4, -0.2) is 19.9 Å². The van der Waals surface area contributed by atoms with Gasteiger partial charge in [-0.3, -0.25) is 0 Å². The molecule has 0 aliphatic heterocycles. The number of methoxy groups -OCH3 is 1. The van der Waals surface area contributed by atoms with E-state index in [-0.39, 0.29) is 11.3 Å². The molecule has 0 heterocycles. The van der Waals surface area contributed by atoms with Gasteiger partial charge in [0.15, 0.2) is 11.5 Å². The lowest BCUT2D eigenvalue weighted by Gasteiger charge is -2.18. The number of halogens is 3. The molecular formula is C12H16F3NO2. The molecule has 3 nitrogen and oxygen atoms in total. The molecule has 0 amide bonds. The molecule has 0 saturated carbocycles. The van der Waals surface area contributed by atoms with Crippen molar-refractivity contribution in [3.63, 3.8) is 0 Å². The number of benzene rings is 1. The first-order chi connectivity index (χ1) is 8.40. The van der Waals surface area contributed by atoms with Crippen LogP contribution in [0.15, 0.2) is 18.2 Å². The monoisotopic (exact) mass is 263 g/mol. The summed E-state index contributed by atoms with van der Waals surface area (Å²) in [6.07, 6.45) is -3.68. The highest BCUT2D eigenvalue weighted by molar-refractivity contribution is 5.44. The smallest absolute Gasteiger partial charge is 0.407 e. The minimum Gasteiger partial charge on any atom is -0.493 e. The molecule has 0 saturated heterocycles. The van der Waals surface area contributed by atoms with E-state index in [1.165, 1.54) is 25.3 Å². The number of hydrogen-bond donors (Lipinski definition) is 1. The van der Waals surface area contributed by atoms with E-state index in [1.807, 2.05) is 6.92 Å². The maximum Gasteiger partial charge on any atom is 0.407 e. The van der Waals surface area contributed by atoms with Crippen molar-refractivity contribution in [2.24, 2.45) is 5.73 Å². The Morgan fingerprint density at radius 2 is 1.94 bits per heavy atom. The van der Waals surface area contributed by atoms with Crippen LogP contribution in [0.1, 0.15) is 24.9 Å². The predicted octanol–water partition coefficient (Wildman–Crippen LogP) is 3.05. The number of ether oxygens (including phenoxy) is 2. The molecule has 1 atom stereocenters. The first-order valence-electron chi connectivity index (χ1n) is 5.53. The molecular weight excluding hydrogens is 247 g/mol. The van der Waals surface area contributed by atoms with Gasteiger partial charge in [0.05, 0.1) is 13.7 Å². The van der Waals surface area contributed by atoms with E-state index in [4.69, 9.17) is 15.2 Å². The van der Waals surface area contributed by atoms with Crippen LogP contribution < -0.4 is 15.2 Å². The Labute approximate surface area is 104 Å². The van der Waals surface area contributed by atoms with Crippen LogP contribution in [0, 0.1) is 0 Å². The van der Waals surface area contributed by atoms with Gasteiger partial charge in [-0.2, -0.15) is 13.2 Å². The lowest BCUT2D eigenvalue weighted by molar-refractivity contribution is -0.149. The van der Waals surface area contributed by atoms with Gasteiger partial charge in [-0.05, 0) is 24.1 Å². The summed E-state index contributed by atoms with van der Waals surface area (Å²) < 4.78 is 47.8. The molecule has 0 aliphatic carbocycles. The normalized spacial score (nSPS) is 13.2. The highest BCUT2D eigenvalue weighted by Crippen LogP contribution is 2.35. The van der Waals surface area contributed by atoms with Gasteiger partial charge in [-0.15, -0.1) is 0 Å². The van der Waals surface area contributed by atoms with Crippen LogP contribution in [0.3, 0.4) is 0 Å². The van der Waals surface area contributed by atoms with Crippen molar-refractivity contribution in [1.82, 2.24) is 0 Å². The molecule has 1 aromatic carbocycles. The molecule has 0 aromatic heterocycles. The lowest BCUT2D eigenvalue weighted by atomic mass is 10.1. The highest BCUT2D eigenvalue weighted by Gasteiger charge is 2.38. The molecule has 0 fully saturated rings. The Morgan fingerprint density at radius 1 is 1.28 bits per heavy atom. The van der Waals surface area contributed by atoms with Crippen molar-refractivity contribution in [1.29, 1.82) is 0 Å². The van der Waals surface area contributed by atoms with E-state index >= 15 is 0 Å². The minimum atomic E-state index is -4.48. The molecule has 0 spiro atoms. The molecule has 1 aromatic rings. The van der Waals surface area contributed by atoms with Crippen molar-refractivity contribution in [3.8, 4) is 11.5 Å². The van der Waals surface area contributed by atoms with Gasteiger partial charge in [0.2, 0.25) is 0 Å². The van der Waals surface area contributed by atoms with E-state index < -0.39 is 12.2 Å². The SMILES string of the molecule is CCCOc1ccc([C@H](N)C(F)(F)F)cc1OC. The maximum absolute atomic E-state index is 12.5. The Hall–Kier alpha value is -1.43. The molecule has 0 radical (unpaired) electrons. The van der Waals surface area contributed by atoms with E-state index in [2.05, 4.69) is 0 Å². The third-order valence-electron chi connectivity index (χ3n) is 2.36. The van der Waals surface area contributed by atoms with E-state index in [1.54, 1.807) is 0 Å². The predicted molar refractivity (Wildman–Crippen MR) is 61.8 cm³/mol. The summed E-state index contributed by atoms with van der Waals surface area (Å²) in [5.74, 6) is 0.665. The number of rotatable bonds is 5. The topological polar surface area (TPSA) is 44.5 Å². The number of alkyl halides is 3. The van der Waals surface area contributed by atoms with Crippen LogP contribution in [-0.2, 0) is 0 Å². The van der Waals surface area contributed by atoms with Crippen molar-refractivity contribution in [2.75, 3.05) is 13.7 Å². The molecule has 2 N–H and O–H groups in total. The third kappa shape index (κ3) is 3.53. The molecule has 0 aliphatic rings. The van der Waals surface area contributed by atoms with Crippen molar-refractivity contribution in [3.05, 3.63) is 23.8 Å². The van der Waals surface area contributed by atoms with E-state index in [9.17, 15) is 13.2 Å². The Kier molecular flexibility index (Phi) is 4.84. The summed E-state index contributed by atoms with van der Waals surface area (Å²) in [6.45, 7) is 2.40. The van der Waals surface area contributed by atoms with Crippen LogP contribution >= 0.6 is 0 Å². The molecule has 18 heavy (non-hydrogen) atoms. The minimum absolute atomic E-state index is 0.0526. The van der Waals surface area contributed by atoms with Crippen LogP contribution in [0.2, 0.25) is 0 Å². The van der Waals surface area contributed by atoms with Crippen molar-refractivity contribution < 1.29 is 22.6 Å². The highest BCUT2D eigenvalue weighted by atomic mass is 19.4. The summed E-state index contributed by atoms with van der Waals surface area (Å²) in [4.78, 5) is 0. The zero-order valence-corrected chi connectivity index (χ0v) is 10.3.